The van der Waals surface area contributed by atoms with E-state index in [2.05, 4.69) is 35.3 Å². The van der Waals surface area contributed by atoms with E-state index in [1.54, 1.807) is 24.3 Å². The summed E-state index contributed by atoms with van der Waals surface area (Å²) in [6, 6.07) is 10.8. The number of fused-ring (bicyclic) bond motifs is 1. The average Bonchev–Trinajstić information content (AvgIpc) is 3.39. The van der Waals surface area contributed by atoms with Gasteiger partial charge in [0.05, 0.1) is 20.9 Å². The van der Waals surface area contributed by atoms with Gasteiger partial charge < -0.3 is 10.6 Å². The summed E-state index contributed by atoms with van der Waals surface area (Å²) in [5, 5.41) is 6.94. The molecule has 2 aromatic carbocycles. The lowest BCUT2D eigenvalue weighted by molar-refractivity contribution is -0.117. The number of carbonyl (C=O) groups is 2. The molecular formula is C22H24ClN3O2SSi. The second-order valence-electron chi connectivity index (χ2n) is 8.89. The number of carbonyl (C=O) groups excluding carboxylic acids is 2. The maximum absolute atomic E-state index is 12.7. The van der Waals surface area contributed by atoms with Crippen LogP contribution in [0.2, 0.25) is 30.2 Å². The Kier molecular flexibility index (Phi) is 5.46. The van der Waals surface area contributed by atoms with E-state index >= 15 is 0 Å². The molecule has 0 saturated heterocycles. The molecule has 4 rings (SSSR count). The number of benzene rings is 2. The summed E-state index contributed by atoms with van der Waals surface area (Å²) < 4.78 is 0.853. The number of anilines is 2. The molecule has 1 fully saturated rings. The molecule has 3 aromatic rings. The van der Waals surface area contributed by atoms with E-state index in [1.807, 2.05) is 19.1 Å². The van der Waals surface area contributed by atoms with Gasteiger partial charge in [0.2, 0.25) is 5.91 Å². The third-order valence-corrected chi connectivity index (χ3v) is 9.69. The zero-order valence-electron chi connectivity index (χ0n) is 17.4. The predicted octanol–water partition coefficient (Wildman–Crippen LogP) is 6.18. The number of rotatable bonds is 5. The molecule has 0 radical (unpaired) electrons. The molecule has 2 N–H and O–H groups in total. The van der Waals surface area contributed by atoms with Gasteiger partial charge in [0.15, 0.2) is 5.13 Å². The summed E-state index contributed by atoms with van der Waals surface area (Å²) >= 11 is 7.60. The SMILES string of the molecule is Cc1cccc(Cl)c1NC(=O)c1ccc2nc(NC(=O)C3CC3[Si](C)(C)C)sc2c1. The molecule has 0 aliphatic heterocycles. The molecule has 1 aromatic heterocycles. The first-order chi connectivity index (χ1) is 14.1. The molecule has 156 valence electrons. The van der Waals surface area contributed by atoms with Crippen molar-refractivity contribution in [1.82, 2.24) is 4.98 Å². The summed E-state index contributed by atoms with van der Waals surface area (Å²) in [7, 11) is -1.29. The van der Waals surface area contributed by atoms with Gasteiger partial charge in [0.25, 0.3) is 5.91 Å². The van der Waals surface area contributed by atoms with Crippen molar-refractivity contribution in [3.05, 3.63) is 52.5 Å². The number of nitrogens with zero attached hydrogens (tertiary/aromatic N) is 1. The second-order valence-corrected chi connectivity index (χ2v) is 15.8. The van der Waals surface area contributed by atoms with E-state index in [-0.39, 0.29) is 17.7 Å². The van der Waals surface area contributed by atoms with Gasteiger partial charge in [-0.15, -0.1) is 0 Å². The molecule has 1 saturated carbocycles. The summed E-state index contributed by atoms with van der Waals surface area (Å²) in [4.78, 5) is 29.8. The standard InChI is InChI=1S/C22H24ClN3O2SSi/c1-12-6-5-7-15(23)19(12)25-20(27)13-8-9-16-17(10-13)29-22(24-16)26-21(28)14-11-18(14)30(2,3)4/h5-10,14,18H,11H2,1-4H3,(H,25,27)(H,24,26,28). The van der Waals surface area contributed by atoms with Crippen LogP contribution < -0.4 is 10.6 Å². The largest absolute Gasteiger partial charge is 0.320 e. The topological polar surface area (TPSA) is 71.1 Å². The van der Waals surface area contributed by atoms with Crippen LogP contribution in [-0.4, -0.2) is 24.9 Å². The second kappa shape index (κ2) is 7.79. The molecule has 5 nitrogen and oxygen atoms in total. The van der Waals surface area contributed by atoms with E-state index in [9.17, 15) is 9.59 Å². The molecule has 30 heavy (non-hydrogen) atoms. The lowest BCUT2D eigenvalue weighted by atomic mass is 10.1. The van der Waals surface area contributed by atoms with E-state index in [4.69, 9.17) is 11.6 Å². The molecule has 1 aliphatic rings. The molecule has 1 heterocycles. The minimum absolute atomic E-state index is 0.0636. The Morgan fingerprint density at radius 1 is 1.17 bits per heavy atom. The Bertz CT molecular complexity index is 1130. The Morgan fingerprint density at radius 3 is 2.60 bits per heavy atom. The molecule has 1 aliphatic carbocycles. The highest BCUT2D eigenvalue weighted by Gasteiger charge is 2.50. The quantitative estimate of drug-likeness (QED) is 0.449. The summed E-state index contributed by atoms with van der Waals surface area (Å²) in [5.41, 5.74) is 3.34. The first-order valence-electron chi connectivity index (χ1n) is 9.91. The Labute approximate surface area is 185 Å². The fourth-order valence-electron chi connectivity index (χ4n) is 3.74. The lowest BCUT2D eigenvalue weighted by Gasteiger charge is -2.14. The summed E-state index contributed by atoms with van der Waals surface area (Å²) in [6.45, 7) is 8.81. The molecule has 2 amide bonds. The highest BCUT2D eigenvalue weighted by molar-refractivity contribution is 7.22. The van der Waals surface area contributed by atoms with Crippen LogP contribution >= 0.6 is 22.9 Å². The zero-order valence-corrected chi connectivity index (χ0v) is 19.9. The van der Waals surface area contributed by atoms with Crippen molar-refractivity contribution in [2.24, 2.45) is 5.92 Å². The minimum atomic E-state index is -1.29. The Balaban J connectivity index is 1.49. The van der Waals surface area contributed by atoms with Gasteiger partial charge in [-0.1, -0.05) is 54.7 Å². The van der Waals surface area contributed by atoms with E-state index in [1.165, 1.54) is 11.3 Å². The molecule has 2 atom stereocenters. The van der Waals surface area contributed by atoms with Crippen LogP contribution in [0.1, 0.15) is 22.3 Å². The van der Waals surface area contributed by atoms with Gasteiger partial charge in [-0.25, -0.2) is 4.98 Å². The van der Waals surface area contributed by atoms with Crippen LogP contribution in [0.4, 0.5) is 10.8 Å². The van der Waals surface area contributed by atoms with Gasteiger partial charge in [-0.2, -0.15) is 0 Å². The van der Waals surface area contributed by atoms with Crippen molar-refractivity contribution in [2.75, 3.05) is 10.6 Å². The maximum atomic E-state index is 12.7. The van der Waals surface area contributed by atoms with Crippen molar-refractivity contribution in [1.29, 1.82) is 0 Å². The highest BCUT2D eigenvalue weighted by Crippen LogP contribution is 2.52. The molecule has 0 bridgehead atoms. The van der Waals surface area contributed by atoms with Crippen LogP contribution in [0, 0.1) is 12.8 Å². The van der Waals surface area contributed by atoms with Crippen molar-refractivity contribution >= 4 is 63.9 Å². The number of para-hydroxylation sites is 1. The lowest BCUT2D eigenvalue weighted by Crippen LogP contribution is -2.24. The van der Waals surface area contributed by atoms with Crippen molar-refractivity contribution in [3.63, 3.8) is 0 Å². The van der Waals surface area contributed by atoms with Crippen LogP contribution in [0.3, 0.4) is 0 Å². The van der Waals surface area contributed by atoms with Crippen molar-refractivity contribution in [2.45, 2.75) is 38.5 Å². The fraction of sp³-hybridized carbons (Fsp3) is 0.318. The Hall–Kier alpha value is -2.22. The van der Waals surface area contributed by atoms with Crippen LogP contribution in [-0.2, 0) is 4.79 Å². The average molecular weight is 458 g/mol. The summed E-state index contributed by atoms with van der Waals surface area (Å²) in [6.07, 6.45) is 0.984. The number of aromatic nitrogens is 1. The zero-order chi connectivity index (χ0) is 21.6. The van der Waals surface area contributed by atoms with Crippen LogP contribution in [0.15, 0.2) is 36.4 Å². The maximum Gasteiger partial charge on any atom is 0.255 e. The van der Waals surface area contributed by atoms with Crippen LogP contribution in [0.5, 0.6) is 0 Å². The molecular weight excluding hydrogens is 434 g/mol. The third-order valence-electron chi connectivity index (χ3n) is 5.58. The highest BCUT2D eigenvalue weighted by atomic mass is 35.5. The minimum Gasteiger partial charge on any atom is -0.320 e. The number of hydrogen-bond acceptors (Lipinski definition) is 4. The number of aryl methyl sites for hydroxylation is 1. The van der Waals surface area contributed by atoms with Gasteiger partial charge in [0.1, 0.15) is 0 Å². The number of nitrogens with one attached hydrogen (secondary N) is 2. The fourth-order valence-corrected chi connectivity index (χ4v) is 7.23. The van der Waals surface area contributed by atoms with E-state index < -0.39 is 8.07 Å². The van der Waals surface area contributed by atoms with E-state index in [0.717, 1.165) is 22.2 Å². The monoisotopic (exact) mass is 457 g/mol. The normalized spacial score (nSPS) is 18.3. The smallest absolute Gasteiger partial charge is 0.255 e. The number of amides is 2. The first-order valence-corrected chi connectivity index (χ1v) is 14.7. The first kappa shape index (κ1) is 21.0. The molecule has 2 unspecified atom stereocenters. The van der Waals surface area contributed by atoms with Gasteiger partial charge in [-0.05, 0) is 48.7 Å². The number of hydrogen-bond donors (Lipinski definition) is 2. The third kappa shape index (κ3) is 4.28. The van der Waals surface area contributed by atoms with Crippen molar-refractivity contribution < 1.29 is 9.59 Å². The van der Waals surface area contributed by atoms with Gasteiger partial charge in [0, 0.05) is 19.6 Å². The number of halogens is 1. The molecule has 8 heteroatoms. The molecule has 0 spiro atoms. The van der Waals surface area contributed by atoms with Crippen molar-refractivity contribution in [3.8, 4) is 0 Å². The Morgan fingerprint density at radius 2 is 1.93 bits per heavy atom. The summed E-state index contributed by atoms with van der Waals surface area (Å²) in [5.74, 6) is -0.0550. The van der Waals surface area contributed by atoms with Crippen LogP contribution in [0.25, 0.3) is 10.2 Å². The predicted molar refractivity (Wildman–Crippen MR) is 128 cm³/mol. The van der Waals surface area contributed by atoms with Gasteiger partial charge in [-0.3, -0.25) is 9.59 Å². The number of thiazole rings is 1. The van der Waals surface area contributed by atoms with Gasteiger partial charge >= 0.3 is 0 Å². The van der Waals surface area contributed by atoms with E-state index in [0.29, 0.717) is 26.9 Å².